The van der Waals surface area contributed by atoms with E-state index in [1.54, 1.807) is 17.8 Å². The Kier molecular flexibility index (Phi) is 7.36. The number of hydrogen-bond donors (Lipinski definition) is 2. The van der Waals surface area contributed by atoms with Gasteiger partial charge in [0.2, 0.25) is 0 Å². The third-order valence-corrected chi connectivity index (χ3v) is 6.27. The largest absolute Gasteiger partial charge is 0.463 e. The van der Waals surface area contributed by atoms with E-state index in [9.17, 15) is 4.79 Å². The van der Waals surface area contributed by atoms with Gasteiger partial charge in [-0.3, -0.25) is 9.78 Å². The van der Waals surface area contributed by atoms with Crippen molar-refractivity contribution in [1.82, 2.24) is 30.3 Å². The van der Waals surface area contributed by atoms with Crippen molar-refractivity contribution in [3.63, 3.8) is 0 Å². The lowest BCUT2D eigenvalue weighted by Gasteiger charge is -2.10. The Morgan fingerprint density at radius 2 is 2.00 bits per heavy atom. The van der Waals surface area contributed by atoms with Gasteiger partial charge in [-0.25, -0.2) is 9.67 Å². The van der Waals surface area contributed by atoms with Gasteiger partial charge >= 0.3 is 5.97 Å². The van der Waals surface area contributed by atoms with Crippen LogP contribution < -0.4 is 11.1 Å². The minimum atomic E-state index is -0.625. The second-order valence-electron chi connectivity index (χ2n) is 8.76. The van der Waals surface area contributed by atoms with E-state index >= 15 is 0 Å². The normalized spacial score (nSPS) is 12.2. The van der Waals surface area contributed by atoms with Crippen LogP contribution in [0.2, 0.25) is 5.02 Å². The molecule has 3 N–H and O–H groups in total. The van der Waals surface area contributed by atoms with E-state index in [0.29, 0.717) is 30.3 Å². The molecule has 5 aromatic rings. The van der Waals surface area contributed by atoms with Crippen molar-refractivity contribution in [1.29, 1.82) is 0 Å². The molecule has 0 aliphatic rings. The van der Waals surface area contributed by atoms with Gasteiger partial charge < -0.3 is 15.8 Å². The van der Waals surface area contributed by atoms with Crippen LogP contribution in [0.4, 0.5) is 0 Å². The molecule has 1 atom stereocenters. The minimum absolute atomic E-state index is 0.248. The highest BCUT2D eigenvalue weighted by Crippen LogP contribution is 2.26. The Bertz CT molecular complexity index is 1570. The van der Waals surface area contributed by atoms with Gasteiger partial charge in [-0.1, -0.05) is 41.1 Å². The van der Waals surface area contributed by atoms with Gasteiger partial charge in [0.1, 0.15) is 18.2 Å². The number of nitrogens with two attached hydrogens (primary N) is 1. The van der Waals surface area contributed by atoms with E-state index in [1.165, 1.54) is 0 Å². The van der Waals surface area contributed by atoms with E-state index in [4.69, 9.17) is 27.1 Å². The molecule has 3 heterocycles. The number of hydrogen-bond acceptors (Lipinski definition) is 8. The summed E-state index contributed by atoms with van der Waals surface area (Å²) in [6.45, 7) is 3.43. The zero-order valence-electron chi connectivity index (χ0n) is 20.3. The summed E-state index contributed by atoms with van der Waals surface area (Å²) >= 11 is 6.56. The van der Waals surface area contributed by atoms with Crippen molar-refractivity contribution in [3.05, 3.63) is 83.0 Å². The molecular weight excluding hydrogens is 490 g/mol. The van der Waals surface area contributed by atoms with Crippen LogP contribution in [0.15, 0.2) is 66.9 Å². The molecule has 2 aromatic carbocycles. The second-order valence-corrected chi connectivity index (χ2v) is 9.16. The zero-order chi connectivity index (χ0) is 25.8. The first-order valence-electron chi connectivity index (χ1n) is 11.9. The van der Waals surface area contributed by atoms with Gasteiger partial charge in [-0.2, -0.15) is 0 Å². The van der Waals surface area contributed by atoms with E-state index < -0.39 is 12.0 Å². The maximum atomic E-state index is 11.4. The molecule has 0 amide bonds. The highest BCUT2D eigenvalue weighted by Gasteiger charge is 2.12. The molecule has 9 nitrogen and oxygen atoms in total. The third-order valence-electron chi connectivity index (χ3n) is 5.92. The number of fused-ring (bicyclic) bond motifs is 2. The average Bonchev–Trinajstić information content (AvgIpc) is 3.30. The van der Waals surface area contributed by atoms with E-state index in [-0.39, 0.29) is 6.61 Å². The molecule has 0 bridgehead atoms. The van der Waals surface area contributed by atoms with Crippen molar-refractivity contribution in [2.24, 2.45) is 5.73 Å². The van der Waals surface area contributed by atoms with Gasteiger partial charge in [0.05, 0.1) is 17.8 Å². The number of halogens is 1. The Morgan fingerprint density at radius 3 is 2.84 bits per heavy atom. The summed E-state index contributed by atoms with van der Waals surface area (Å²) in [4.78, 5) is 20.6. The summed E-state index contributed by atoms with van der Waals surface area (Å²) in [5.74, 6) is -0.417. The monoisotopic (exact) mass is 515 g/mol. The maximum Gasteiger partial charge on any atom is 0.322 e. The van der Waals surface area contributed by atoms with Gasteiger partial charge in [0.25, 0.3) is 0 Å². The van der Waals surface area contributed by atoms with Crippen LogP contribution in [0.25, 0.3) is 33.3 Å². The van der Waals surface area contributed by atoms with Gasteiger partial charge in [-0.15, -0.1) is 5.10 Å². The van der Waals surface area contributed by atoms with E-state index in [2.05, 4.69) is 26.7 Å². The average molecular weight is 516 g/mol. The van der Waals surface area contributed by atoms with Crippen LogP contribution >= 0.6 is 11.6 Å². The van der Waals surface area contributed by atoms with E-state index in [1.807, 2.05) is 54.6 Å². The van der Waals surface area contributed by atoms with Crippen LogP contribution in [0, 0.1) is 0 Å². The molecule has 10 heteroatoms. The van der Waals surface area contributed by atoms with Crippen molar-refractivity contribution in [2.75, 3.05) is 13.2 Å². The Balaban J connectivity index is 1.29. The van der Waals surface area contributed by atoms with Crippen molar-refractivity contribution >= 4 is 39.6 Å². The molecule has 0 unspecified atom stereocenters. The van der Waals surface area contributed by atoms with E-state index in [0.717, 1.165) is 38.8 Å². The smallest absolute Gasteiger partial charge is 0.322 e. The number of rotatable bonds is 9. The van der Waals surface area contributed by atoms with Gasteiger partial charge in [-0.05, 0) is 54.4 Å². The highest BCUT2D eigenvalue weighted by molar-refractivity contribution is 6.31. The second kappa shape index (κ2) is 11.0. The molecule has 0 saturated heterocycles. The SMILES string of the molecule is C[C@H](N)C(=O)OCCNCc1ccc(-c2ccc3nnn(Cc4ccc5ncccc5c4)c3n2)cc1Cl. The number of nitrogens with one attached hydrogen (secondary N) is 1. The number of benzene rings is 2. The quantitative estimate of drug-likeness (QED) is 0.225. The van der Waals surface area contributed by atoms with Gasteiger partial charge in [0.15, 0.2) is 5.65 Å². The van der Waals surface area contributed by atoms with Crippen molar-refractivity contribution < 1.29 is 9.53 Å². The molecule has 0 aliphatic carbocycles. The maximum absolute atomic E-state index is 11.4. The van der Waals surface area contributed by atoms with Crippen LogP contribution in [0.1, 0.15) is 18.1 Å². The molecule has 3 aromatic heterocycles. The lowest BCUT2D eigenvalue weighted by Crippen LogP contribution is -2.31. The summed E-state index contributed by atoms with van der Waals surface area (Å²) < 4.78 is 6.86. The molecule has 0 aliphatic heterocycles. The van der Waals surface area contributed by atoms with Crippen molar-refractivity contribution in [2.45, 2.75) is 26.1 Å². The highest BCUT2D eigenvalue weighted by atomic mass is 35.5. The van der Waals surface area contributed by atoms with Crippen LogP contribution in [0.3, 0.4) is 0 Å². The number of pyridine rings is 2. The summed E-state index contributed by atoms with van der Waals surface area (Å²) in [5, 5.41) is 13.5. The number of ether oxygens (including phenoxy) is 1. The molecule has 0 spiro atoms. The lowest BCUT2D eigenvalue weighted by atomic mass is 10.1. The number of carbonyl (C=O) groups excluding carboxylic acids is 1. The lowest BCUT2D eigenvalue weighted by molar-refractivity contribution is -0.144. The number of esters is 1. The number of carbonyl (C=O) groups is 1. The summed E-state index contributed by atoms with van der Waals surface area (Å²) in [7, 11) is 0. The fourth-order valence-corrected chi connectivity index (χ4v) is 4.19. The Hall–Kier alpha value is -3.92. The van der Waals surface area contributed by atoms with Crippen LogP contribution in [-0.4, -0.2) is 50.1 Å². The first kappa shape index (κ1) is 24.8. The van der Waals surface area contributed by atoms with Crippen LogP contribution in [0.5, 0.6) is 0 Å². The standard InChI is InChI=1S/C27H26ClN7O2/c1-17(29)27(36)37-12-11-30-15-21-6-5-20(14-22(21)28)24-8-9-25-26(32-24)35(34-33-25)16-18-4-7-23-19(13-18)3-2-10-31-23/h2-10,13-14,17,30H,11-12,15-16,29H2,1H3/t17-/m0/s1. The number of aromatic nitrogens is 5. The molecule has 5 rings (SSSR count). The van der Waals surface area contributed by atoms with Crippen molar-refractivity contribution in [3.8, 4) is 11.3 Å². The topological polar surface area (TPSA) is 121 Å². The third kappa shape index (κ3) is 5.75. The molecule has 0 fully saturated rings. The predicted molar refractivity (Wildman–Crippen MR) is 143 cm³/mol. The fourth-order valence-electron chi connectivity index (χ4n) is 3.95. The predicted octanol–water partition coefficient (Wildman–Crippen LogP) is 3.72. The van der Waals surface area contributed by atoms with Crippen LogP contribution in [-0.2, 0) is 22.6 Å². The first-order valence-corrected chi connectivity index (χ1v) is 12.3. The molecule has 0 radical (unpaired) electrons. The Morgan fingerprint density at radius 1 is 1.14 bits per heavy atom. The summed E-state index contributed by atoms with van der Waals surface area (Å²) in [6, 6.07) is 19.2. The summed E-state index contributed by atoms with van der Waals surface area (Å²) in [5.41, 5.74) is 11.6. The minimum Gasteiger partial charge on any atom is -0.463 e. The van der Waals surface area contributed by atoms with Gasteiger partial charge in [0, 0.05) is 35.3 Å². The summed E-state index contributed by atoms with van der Waals surface area (Å²) in [6.07, 6.45) is 1.79. The zero-order valence-corrected chi connectivity index (χ0v) is 21.0. The molecule has 0 saturated carbocycles. The molecular formula is C27H26ClN7O2. The Labute approximate surface area is 218 Å². The number of nitrogens with zero attached hydrogens (tertiary/aromatic N) is 5. The fraction of sp³-hybridized carbons (Fsp3) is 0.222. The molecule has 37 heavy (non-hydrogen) atoms. The first-order chi connectivity index (χ1) is 18.0. The molecule has 188 valence electrons.